The highest BCUT2D eigenvalue weighted by molar-refractivity contribution is 7.47. The van der Waals surface area contributed by atoms with Crippen LogP contribution in [0.5, 0.6) is 0 Å². The number of aliphatic hydroxyl groups excluding tert-OH is 1. The Labute approximate surface area is 277 Å². The topological polar surface area (TPSA) is 131 Å². The van der Waals surface area contributed by atoms with Crippen LogP contribution in [0.1, 0.15) is 168 Å². The number of carbonyl (C=O) groups is 1. The minimum atomic E-state index is -4.33. The van der Waals surface area contributed by atoms with E-state index < -0.39 is 20.0 Å². The van der Waals surface area contributed by atoms with Crippen molar-refractivity contribution >= 4 is 13.7 Å². The number of allylic oxidation sites excluding steroid dienone is 3. The zero-order chi connectivity index (χ0) is 33.3. The average Bonchev–Trinajstić information content (AvgIpc) is 3.02. The molecule has 0 rings (SSSR count). The lowest BCUT2D eigenvalue weighted by atomic mass is 10.1. The Hall–Kier alpha value is -1.02. The van der Waals surface area contributed by atoms with Crippen LogP contribution in [0.4, 0.5) is 0 Å². The van der Waals surface area contributed by atoms with E-state index in [1.54, 1.807) is 6.08 Å². The molecule has 0 aromatic carbocycles. The maximum atomic E-state index is 12.6. The molecule has 8 nitrogen and oxygen atoms in total. The van der Waals surface area contributed by atoms with Crippen LogP contribution in [-0.4, -0.2) is 47.8 Å². The standard InChI is InChI=1S/C36H71N2O6P/c1-3-5-7-9-11-13-15-16-17-18-19-20-21-23-25-27-29-35(39)34(33-44-45(41,42)43-32-31-37)38-36(40)30-28-26-24-22-14-12-10-8-6-4-2/h20-21,27,29,34-35,39H,3-19,22-26,28,30-33,37H2,1-2H3,(H,38,40)(H,41,42)/b21-20+,29-27+. The minimum absolute atomic E-state index is 0.0754. The van der Waals surface area contributed by atoms with Crippen molar-refractivity contribution in [3.8, 4) is 0 Å². The van der Waals surface area contributed by atoms with Crippen LogP contribution in [0.15, 0.2) is 24.3 Å². The van der Waals surface area contributed by atoms with Gasteiger partial charge in [0.25, 0.3) is 0 Å². The van der Waals surface area contributed by atoms with Crippen LogP contribution in [0.25, 0.3) is 0 Å². The molecule has 0 saturated carbocycles. The number of phosphoric acid groups is 1. The van der Waals surface area contributed by atoms with Gasteiger partial charge in [0.15, 0.2) is 0 Å². The molecule has 5 N–H and O–H groups in total. The molecule has 3 atom stereocenters. The summed E-state index contributed by atoms with van der Waals surface area (Å²) in [5.74, 6) is -0.207. The number of nitrogens with one attached hydrogen (secondary N) is 1. The Morgan fingerprint density at radius 3 is 1.71 bits per heavy atom. The molecule has 1 amide bonds. The fourth-order valence-electron chi connectivity index (χ4n) is 5.20. The van der Waals surface area contributed by atoms with E-state index >= 15 is 0 Å². The van der Waals surface area contributed by atoms with E-state index in [-0.39, 0.29) is 25.7 Å². The molecule has 0 aliphatic heterocycles. The predicted octanol–water partition coefficient (Wildman–Crippen LogP) is 9.44. The molecule has 0 aliphatic carbocycles. The lowest BCUT2D eigenvalue weighted by Gasteiger charge is -2.23. The number of hydrogen-bond acceptors (Lipinski definition) is 6. The Morgan fingerprint density at radius 2 is 1.18 bits per heavy atom. The Balaban J connectivity index is 4.37. The third-order valence-electron chi connectivity index (χ3n) is 8.03. The van der Waals surface area contributed by atoms with Crippen molar-refractivity contribution in [1.82, 2.24) is 5.32 Å². The molecular weight excluding hydrogens is 587 g/mol. The van der Waals surface area contributed by atoms with Crippen molar-refractivity contribution in [2.24, 2.45) is 5.73 Å². The van der Waals surface area contributed by atoms with Gasteiger partial charge in [-0.15, -0.1) is 0 Å². The highest BCUT2D eigenvalue weighted by atomic mass is 31.2. The van der Waals surface area contributed by atoms with Gasteiger partial charge in [0, 0.05) is 13.0 Å². The van der Waals surface area contributed by atoms with Crippen molar-refractivity contribution < 1.29 is 28.4 Å². The van der Waals surface area contributed by atoms with Gasteiger partial charge in [0.1, 0.15) is 0 Å². The summed E-state index contributed by atoms with van der Waals surface area (Å²) < 4.78 is 22.0. The highest BCUT2D eigenvalue weighted by Crippen LogP contribution is 2.43. The molecule has 0 heterocycles. The zero-order valence-corrected chi connectivity index (χ0v) is 30.0. The van der Waals surface area contributed by atoms with Crippen molar-refractivity contribution in [1.29, 1.82) is 0 Å². The number of rotatable bonds is 34. The van der Waals surface area contributed by atoms with Crippen LogP contribution in [0.2, 0.25) is 0 Å². The van der Waals surface area contributed by atoms with Gasteiger partial charge in [0.05, 0.1) is 25.4 Å². The Morgan fingerprint density at radius 1 is 0.711 bits per heavy atom. The van der Waals surface area contributed by atoms with Crippen molar-refractivity contribution in [2.45, 2.75) is 180 Å². The molecule has 0 aromatic rings. The Kier molecular flexibility index (Phi) is 32.2. The summed E-state index contributed by atoms with van der Waals surface area (Å²) in [6, 6.07) is -0.870. The number of nitrogens with two attached hydrogens (primary N) is 1. The molecule has 0 bridgehead atoms. The lowest BCUT2D eigenvalue weighted by Crippen LogP contribution is -2.45. The maximum absolute atomic E-state index is 12.6. The van der Waals surface area contributed by atoms with Crippen molar-refractivity contribution in [2.75, 3.05) is 19.8 Å². The first kappa shape index (κ1) is 44.0. The van der Waals surface area contributed by atoms with Crippen LogP contribution in [-0.2, 0) is 18.4 Å². The summed E-state index contributed by atoms with van der Waals surface area (Å²) in [5.41, 5.74) is 5.34. The number of hydrogen-bond donors (Lipinski definition) is 4. The summed E-state index contributed by atoms with van der Waals surface area (Å²) in [4.78, 5) is 22.5. The second kappa shape index (κ2) is 32.9. The third kappa shape index (κ3) is 31.4. The lowest BCUT2D eigenvalue weighted by molar-refractivity contribution is -0.123. The molecule has 3 unspecified atom stereocenters. The third-order valence-corrected chi connectivity index (χ3v) is 9.01. The molecule has 0 spiro atoms. The van der Waals surface area contributed by atoms with Gasteiger partial charge < -0.3 is 21.1 Å². The van der Waals surface area contributed by atoms with E-state index in [1.807, 2.05) is 6.08 Å². The van der Waals surface area contributed by atoms with E-state index in [4.69, 9.17) is 14.8 Å². The molecule has 45 heavy (non-hydrogen) atoms. The van der Waals surface area contributed by atoms with Crippen LogP contribution >= 0.6 is 7.82 Å². The average molecular weight is 659 g/mol. The van der Waals surface area contributed by atoms with Gasteiger partial charge in [-0.2, -0.15) is 0 Å². The zero-order valence-electron chi connectivity index (χ0n) is 29.1. The minimum Gasteiger partial charge on any atom is -0.387 e. The Bertz CT molecular complexity index is 764. The SMILES string of the molecule is CCCCCCCCCCCC/C=C/CC/C=C/C(O)C(COP(=O)(O)OCCN)NC(=O)CCCCCCCCCCCC. The van der Waals surface area contributed by atoms with E-state index in [0.29, 0.717) is 6.42 Å². The molecule has 9 heteroatoms. The second-order valence-electron chi connectivity index (χ2n) is 12.4. The number of amides is 1. The number of phosphoric ester groups is 1. The second-order valence-corrected chi connectivity index (χ2v) is 13.9. The van der Waals surface area contributed by atoms with Gasteiger partial charge in [-0.1, -0.05) is 154 Å². The van der Waals surface area contributed by atoms with Crippen LogP contribution < -0.4 is 11.1 Å². The van der Waals surface area contributed by atoms with Gasteiger partial charge in [-0.25, -0.2) is 4.57 Å². The normalized spacial score (nSPS) is 14.7. The maximum Gasteiger partial charge on any atom is 0.472 e. The largest absolute Gasteiger partial charge is 0.472 e. The number of unbranched alkanes of at least 4 members (excludes halogenated alkanes) is 20. The highest BCUT2D eigenvalue weighted by Gasteiger charge is 2.26. The van der Waals surface area contributed by atoms with E-state index in [0.717, 1.165) is 38.5 Å². The summed E-state index contributed by atoms with van der Waals surface area (Å²) in [7, 11) is -4.33. The first-order chi connectivity index (χ1) is 21.9. The van der Waals surface area contributed by atoms with E-state index in [1.165, 1.54) is 109 Å². The molecule has 0 saturated heterocycles. The van der Waals surface area contributed by atoms with E-state index in [2.05, 4.69) is 31.3 Å². The van der Waals surface area contributed by atoms with Gasteiger partial charge >= 0.3 is 7.82 Å². The van der Waals surface area contributed by atoms with E-state index in [9.17, 15) is 19.4 Å². The van der Waals surface area contributed by atoms with Gasteiger partial charge in [-0.3, -0.25) is 13.8 Å². The fraction of sp³-hybridized carbons (Fsp3) is 0.861. The molecule has 0 fully saturated rings. The summed E-state index contributed by atoms with van der Waals surface area (Å²) in [5, 5.41) is 13.5. The number of carbonyl (C=O) groups excluding carboxylic acids is 1. The van der Waals surface area contributed by atoms with Gasteiger partial charge in [-0.05, 0) is 32.1 Å². The molecule has 0 radical (unpaired) electrons. The number of aliphatic hydroxyl groups is 1. The van der Waals surface area contributed by atoms with Crippen molar-refractivity contribution in [3.63, 3.8) is 0 Å². The van der Waals surface area contributed by atoms with Crippen molar-refractivity contribution in [3.05, 3.63) is 24.3 Å². The van der Waals surface area contributed by atoms with Crippen LogP contribution in [0, 0.1) is 0 Å². The molecule has 266 valence electrons. The molecule has 0 aromatic heterocycles. The monoisotopic (exact) mass is 659 g/mol. The first-order valence-corrected chi connectivity index (χ1v) is 20.0. The quantitative estimate of drug-likeness (QED) is 0.0308. The smallest absolute Gasteiger partial charge is 0.387 e. The van der Waals surface area contributed by atoms with Gasteiger partial charge in [0.2, 0.25) is 5.91 Å². The van der Waals surface area contributed by atoms with Crippen LogP contribution in [0.3, 0.4) is 0 Å². The summed E-state index contributed by atoms with van der Waals surface area (Å²) >= 11 is 0. The summed E-state index contributed by atoms with van der Waals surface area (Å²) in [6.45, 7) is 4.08. The molecule has 0 aliphatic rings. The fourth-order valence-corrected chi connectivity index (χ4v) is 5.96. The first-order valence-electron chi connectivity index (χ1n) is 18.5. The predicted molar refractivity (Wildman–Crippen MR) is 189 cm³/mol. The molecular formula is C36H71N2O6P. The summed E-state index contributed by atoms with van der Waals surface area (Å²) in [6.07, 6.45) is 35.1.